The van der Waals surface area contributed by atoms with Gasteiger partial charge in [-0.05, 0) is 0 Å². The highest BCUT2D eigenvalue weighted by atomic mass is 32.2. The molecule has 0 aliphatic carbocycles. The Morgan fingerprint density at radius 1 is 1.71 bits per heavy atom. The van der Waals surface area contributed by atoms with Gasteiger partial charge in [0.1, 0.15) is 0 Å². The van der Waals surface area contributed by atoms with E-state index in [2.05, 4.69) is 6.58 Å². The molecule has 0 atom stereocenters. The van der Waals surface area contributed by atoms with Gasteiger partial charge in [-0.3, -0.25) is 4.55 Å². The molecule has 3 nitrogen and oxygen atoms in total. The maximum absolute atomic E-state index is 9.63. The molecule has 0 saturated heterocycles. The first-order valence-electron chi connectivity index (χ1n) is 1.39. The molecule has 0 heterocycles. The quantitative estimate of drug-likeness (QED) is 0.396. The molecule has 0 aliphatic rings. The normalized spacial score (nSPS) is 9.86. The van der Waals surface area contributed by atoms with Crippen LogP contribution in [0.3, 0.4) is 0 Å². The molecule has 0 rings (SSSR count). The van der Waals surface area contributed by atoms with Gasteiger partial charge in [-0.1, -0.05) is 6.58 Å². The third-order valence-electron chi connectivity index (χ3n) is 0.232. The smallest absolute Gasteiger partial charge is 0.282 e. The molecule has 0 spiro atoms. The third-order valence-corrected chi connectivity index (χ3v) is 0.697. The van der Waals surface area contributed by atoms with Gasteiger partial charge in [-0.2, -0.15) is 8.42 Å². The molecule has 0 bridgehead atoms. The predicted molar refractivity (Wildman–Crippen MR) is 25.3 cm³/mol. The van der Waals surface area contributed by atoms with Crippen molar-refractivity contribution in [1.82, 2.24) is 0 Å². The number of hydrogen-bond donors (Lipinski definition) is 1. The Morgan fingerprint density at radius 3 is 2.14 bits per heavy atom. The van der Waals surface area contributed by atoms with Crippen LogP contribution < -0.4 is 0 Å². The zero-order valence-electron chi connectivity index (χ0n) is 3.46. The number of rotatable bonds is 1. The van der Waals surface area contributed by atoms with Crippen molar-refractivity contribution < 1.29 is 13.0 Å². The van der Waals surface area contributed by atoms with Crippen molar-refractivity contribution >= 4 is 10.1 Å². The summed E-state index contributed by atoms with van der Waals surface area (Å²) in [6, 6.07) is 0. The fourth-order valence-electron chi connectivity index (χ4n) is 0.105. The molecule has 1 N–H and O–H groups in total. The Balaban J connectivity index is 4.44. The number of hydrogen-bond acceptors (Lipinski definition) is 2. The van der Waals surface area contributed by atoms with Gasteiger partial charge in [0.25, 0.3) is 10.1 Å². The minimum Gasteiger partial charge on any atom is -0.282 e. The average Bonchev–Trinajstić information content (AvgIpc) is 1.30. The van der Waals surface area contributed by atoms with Crippen LogP contribution >= 0.6 is 0 Å². The average molecular weight is 120 g/mol. The van der Waals surface area contributed by atoms with E-state index in [0.717, 1.165) is 0 Å². The van der Waals surface area contributed by atoms with E-state index in [4.69, 9.17) is 4.55 Å². The summed E-state index contributed by atoms with van der Waals surface area (Å²) in [7, 11) is -3.97. The van der Waals surface area contributed by atoms with Gasteiger partial charge in [-0.25, -0.2) is 0 Å². The fraction of sp³-hybridized carbons (Fsp3) is 0. The van der Waals surface area contributed by atoms with E-state index < -0.39 is 10.1 Å². The molecular weight excluding hydrogens is 116 g/mol. The molecule has 0 aromatic heterocycles. The van der Waals surface area contributed by atoms with E-state index in [1.54, 1.807) is 0 Å². The minimum absolute atomic E-state index is 0.479. The molecule has 0 fully saturated rings. The molecule has 0 aromatic rings. The zero-order chi connectivity index (χ0) is 5.91. The Morgan fingerprint density at radius 2 is 2.14 bits per heavy atom. The summed E-state index contributed by atoms with van der Waals surface area (Å²) in [6.45, 7) is 2.93. The lowest BCUT2D eigenvalue weighted by Crippen LogP contribution is -1.86. The van der Waals surface area contributed by atoms with E-state index in [0.29, 0.717) is 5.41 Å². The molecule has 0 aliphatic heterocycles. The van der Waals surface area contributed by atoms with E-state index >= 15 is 0 Å². The minimum atomic E-state index is -3.97. The maximum atomic E-state index is 9.63. The molecule has 4 heteroatoms. The van der Waals surface area contributed by atoms with Gasteiger partial charge >= 0.3 is 0 Å². The van der Waals surface area contributed by atoms with Crippen molar-refractivity contribution in [3.63, 3.8) is 0 Å². The summed E-state index contributed by atoms with van der Waals surface area (Å²) in [5, 5.41) is 0.479. The van der Waals surface area contributed by atoms with Crippen LogP contribution in [0.2, 0.25) is 0 Å². The summed E-state index contributed by atoms with van der Waals surface area (Å²) in [5.74, 6) is 0. The predicted octanol–water partition coefficient (Wildman–Crippen LogP) is 0.173. The highest BCUT2D eigenvalue weighted by molar-refractivity contribution is 7.88. The van der Waals surface area contributed by atoms with E-state index in [9.17, 15) is 8.42 Å². The lowest BCUT2D eigenvalue weighted by Gasteiger charge is -1.73. The van der Waals surface area contributed by atoms with E-state index in [1.807, 2.05) is 5.73 Å². The van der Waals surface area contributed by atoms with Crippen LogP contribution in [0.5, 0.6) is 0 Å². The molecule has 40 valence electrons. The molecule has 0 unspecified atom stereocenters. The molecule has 0 amide bonds. The fourth-order valence-corrected chi connectivity index (χ4v) is 0.316. The molecular formula is C3H4O3S. The standard InChI is InChI=1S/C3H4O3S/c1-2-3-7(4,5)6/h3H,1H2,(H,4,5,6). The second-order valence-electron chi connectivity index (χ2n) is 0.837. The maximum Gasteiger partial charge on any atom is 0.294 e. The van der Waals surface area contributed by atoms with Crippen LogP contribution in [0.25, 0.3) is 0 Å². The summed E-state index contributed by atoms with van der Waals surface area (Å²) in [6.07, 6.45) is 0. The largest absolute Gasteiger partial charge is 0.294 e. The van der Waals surface area contributed by atoms with Gasteiger partial charge in [0, 0.05) is 0 Å². The molecule has 0 aromatic carbocycles. The van der Waals surface area contributed by atoms with Crippen molar-refractivity contribution in [1.29, 1.82) is 0 Å². The first-order chi connectivity index (χ1) is 3.06. The van der Waals surface area contributed by atoms with Crippen LogP contribution in [-0.2, 0) is 10.1 Å². The Bertz CT molecular complexity index is 182. The van der Waals surface area contributed by atoms with Crippen LogP contribution in [-0.4, -0.2) is 13.0 Å². The highest BCUT2D eigenvalue weighted by Crippen LogP contribution is 1.77. The Labute approximate surface area is 41.7 Å². The van der Waals surface area contributed by atoms with Crippen LogP contribution in [0.15, 0.2) is 17.7 Å². The van der Waals surface area contributed by atoms with Crippen LogP contribution in [0.4, 0.5) is 0 Å². The van der Waals surface area contributed by atoms with Crippen molar-refractivity contribution in [2.75, 3.05) is 0 Å². The van der Waals surface area contributed by atoms with Gasteiger partial charge in [0.2, 0.25) is 0 Å². The Kier molecular flexibility index (Phi) is 1.77. The highest BCUT2D eigenvalue weighted by Gasteiger charge is 1.90. The SMILES string of the molecule is C=C=CS(=O)(=O)O. The first-order valence-corrected chi connectivity index (χ1v) is 2.90. The van der Waals surface area contributed by atoms with Crippen molar-refractivity contribution in [2.45, 2.75) is 0 Å². The van der Waals surface area contributed by atoms with Gasteiger partial charge in [0.05, 0.1) is 5.41 Å². The van der Waals surface area contributed by atoms with E-state index in [-0.39, 0.29) is 0 Å². The van der Waals surface area contributed by atoms with Crippen molar-refractivity contribution in [3.05, 3.63) is 17.7 Å². The summed E-state index contributed by atoms with van der Waals surface area (Å²) >= 11 is 0. The van der Waals surface area contributed by atoms with E-state index in [1.165, 1.54) is 0 Å². The van der Waals surface area contributed by atoms with Gasteiger partial charge < -0.3 is 0 Å². The topological polar surface area (TPSA) is 54.4 Å². The first kappa shape index (κ1) is 6.43. The molecule has 0 saturated carbocycles. The second kappa shape index (κ2) is 1.93. The molecule has 0 radical (unpaired) electrons. The van der Waals surface area contributed by atoms with Crippen molar-refractivity contribution in [3.8, 4) is 0 Å². The summed E-state index contributed by atoms with van der Waals surface area (Å²) < 4.78 is 27.1. The lowest BCUT2D eigenvalue weighted by molar-refractivity contribution is 0.494. The van der Waals surface area contributed by atoms with Gasteiger partial charge in [-0.15, -0.1) is 5.73 Å². The lowest BCUT2D eigenvalue weighted by atomic mass is 11.0. The second-order valence-corrected chi connectivity index (χ2v) is 2.10. The Hall–Kier alpha value is -0.570. The van der Waals surface area contributed by atoms with Gasteiger partial charge in [0.15, 0.2) is 0 Å². The van der Waals surface area contributed by atoms with Crippen molar-refractivity contribution in [2.24, 2.45) is 0 Å². The monoisotopic (exact) mass is 120 g/mol. The molecule has 7 heavy (non-hydrogen) atoms. The zero-order valence-corrected chi connectivity index (χ0v) is 4.27. The summed E-state index contributed by atoms with van der Waals surface area (Å²) in [4.78, 5) is 0. The van der Waals surface area contributed by atoms with Crippen LogP contribution in [0, 0.1) is 0 Å². The summed E-state index contributed by atoms with van der Waals surface area (Å²) in [5.41, 5.74) is 1.89. The van der Waals surface area contributed by atoms with Crippen LogP contribution in [0.1, 0.15) is 0 Å². The third kappa shape index (κ3) is 5.43.